The van der Waals surface area contributed by atoms with Crippen LogP contribution in [0.1, 0.15) is 62.0 Å². The van der Waals surface area contributed by atoms with Crippen LogP contribution < -0.4 is 4.90 Å². The highest BCUT2D eigenvalue weighted by Gasteiger charge is 2.49. The van der Waals surface area contributed by atoms with Gasteiger partial charge in [-0.2, -0.15) is 46.7 Å². The Morgan fingerprint density at radius 1 is 0.722 bits per heavy atom. The number of hydrogen-bond donors (Lipinski definition) is 6. The number of carboxylic acid groups (broad SMARTS) is 1. The molecule has 0 atom stereocenters. The molecule has 19 nitrogen and oxygen atoms in total. The van der Waals surface area contributed by atoms with Crippen molar-refractivity contribution in [3.8, 4) is 0 Å². The molecule has 0 amide bonds. The highest BCUT2D eigenvalue weighted by Crippen LogP contribution is 2.51. The topological polar surface area (TPSA) is 315 Å². The summed E-state index contributed by atoms with van der Waals surface area (Å²) in [7, 11) is -24.3. The zero-order chi connectivity index (χ0) is 41.2. The molecule has 298 valence electrons. The van der Waals surface area contributed by atoms with E-state index in [1.165, 1.54) is 55.4 Å². The van der Waals surface area contributed by atoms with Gasteiger partial charge in [0.25, 0.3) is 50.6 Å². The van der Waals surface area contributed by atoms with Crippen molar-refractivity contribution in [2.45, 2.75) is 66.1 Å². The molecule has 24 heteroatoms. The largest absolute Gasteiger partial charge is 0.478 e. The minimum absolute atomic E-state index is 0.0221. The summed E-state index contributed by atoms with van der Waals surface area (Å²) in [6, 6.07) is 3.35. The molecule has 0 saturated heterocycles. The third kappa shape index (κ3) is 8.93. The number of carboxylic acids is 1. The molecule has 2 aliphatic rings. The van der Waals surface area contributed by atoms with Crippen molar-refractivity contribution in [2.75, 3.05) is 29.5 Å². The molecule has 6 N–H and O–H groups in total. The molecule has 0 aliphatic carbocycles. The van der Waals surface area contributed by atoms with E-state index in [1.807, 2.05) is 0 Å². The van der Waals surface area contributed by atoms with Crippen LogP contribution in [-0.2, 0) is 61.4 Å². The molecule has 0 saturated carbocycles. The summed E-state index contributed by atoms with van der Waals surface area (Å²) >= 11 is 0. The average Bonchev–Trinajstić information content (AvgIpc) is 3.32. The molecule has 0 spiro atoms. The number of fused-ring (bicyclic) bond motifs is 2. The second-order valence-electron chi connectivity index (χ2n) is 13.5. The van der Waals surface area contributed by atoms with E-state index in [1.54, 1.807) is 0 Å². The number of aromatic carboxylic acids is 1. The van der Waals surface area contributed by atoms with Crippen LogP contribution in [0.4, 0.5) is 11.4 Å². The molecule has 0 aromatic heterocycles. The standard InChI is InChI=1S/C30H36N2O17S5/c1-29(2)24(31(10-6-12-50(35,36)37)20-14-18(28(33)34)15-22(26(20)29)53(44,45)46)8-5-9-25-30(3,4)27-21(32(25)11-7-13-51(38,39)40)16-19(52(41,42)43)17-23(27)54(47,48)49/h5,8-9,14-17H,6-7,10-13H2,1-4H3,(H5-,33,34,35,36,37,38,39,40,41,42,43,44,45,46,47,48,49)/p+1. The lowest BCUT2D eigenvalue weighted by atomic mass is 9.80. The Morgan fingerprint density at radius 2 is 1.26 bits per heavy atom. The van der Waals surface area contributed by atoms with E-state index in [0.717, 1.165) is 18.2 Å². The lowest BCUT2D eigenvalue weighted by Crippen LogP contribution is -2.30. The van der Waals surface area contributed by atoms with E-state index in [0.29, 0.717) is 6.07 Å². The van der Waals surface area contributed by atoms with E-state index in [-0.39, 0.29) is 59.8 Å². The molecule has 2 aliphatic heterocycles. The molecular weight excluding hydrogens is 821 g/mol. The smallest absolute Gasteiger partial charge is 0.335 e. The quantitative estimate of drug-likeness (QED) is 0.117. The van der Waals surface area contributed by atoms with E-state index in [4.69, 9.17) is 0 Å². The van der Waals surface area contributed by atoms with Gasteiger partial charge in [-0.25, -0.2) is 4.79 Å². The van der Waals surface area contributed by atoms with E-state index >= 15 is 0 Å². The molecule has 0 unspecified atom stereocenters. The van der Waals surface area contributed by atoms with Crippen molar-refractivity contribution in [3.63, 3.8) is 0 Å². The van der Waals surface area contributed by atoms with Crippen molar-refractivity contribution in [1.29, 1.82) is 0 Å². The van der Waals surface area contributed by atoms with Crippen LogP contribution in [0.25, 0.3) is 0 Å². The van der Waals surface area contributed by atoms with Gasteiger partial charge < -0.3 is 10.0 Å². The maximum atomic E-state index is 12.6. The fourth-order valence-electron chi connectivity index (χ4n) is 6.85. The lowest BCUT2D eigenvalue weighted by Gasteiger charge is -2.27. The van der Waals surface area contributed by atoms with E-state index in [9.17, 15) is 74.8 Å². The zero-order valence-corrected chi connectivity index (χ0v) is 33.0. The van der Waals surface area contributed by atoms with Gasteiger partial charge in [-0.15, -0.1) is 0 Å². The van der Waals surface area contributed by atoms with Gasteiger partial charge in [-0.3, -0.25) is 22.8 Å². The van der Waals surface area contributed by atoms with Crippen molar-refractivity contribution in [2.24, 2.45) is 0 Å². The van der Waals surface area contributed by atoms with Crippen LogP contribution in [0.5, 0.6) is 0 Å². The number of carbonyl (C=O) groups is 1. The van der Waals surface area contributed by atoms with Crippen molar-refractivity contribution in [1.82, 2.24) is 0 Å². The first-order chi connectivity index (χ1) is 24.3. The summed E-state index contributed by atoms with van der Waals surface area (Å²) in [5.74, 6) is -3.06. The van der Waals surface area contributed by atoms with Gasteiger partial charge >= 0.3 is 5.97 Å². The van der Waals surface area contributed by atoms with E-state index in [2.05, 4.69) is 0 Å². The molecule has 2 aromatic carbocycles. The Kier molecular flexibility index (Phi) is 11.3. The highest BCUT2D eigenvalue weighted by molar-refractivity contribution is 7.87. The second kappa shape index (κ2) is 14.2. The Labute approximate surface area is 312 Å². The second-order valence-corrected chi connectivity index (χ2v) is 20.9. The maximum Gasteiger partial charge on any atom is 0.335 e. The first-order valence-corrected chi connectivity index (χ1v) is 23.1. The summed E-state index contributed by atoms with van der Waals surface area (Å²) < 4.78 is 171. The van der Waals surface area contributed by atoms with E-state index < -0.39 is 99.1 Å². The predicted molar refractivity (Wildman–Crippen MR) is 192 cm³/mol. The Hall–Kier alpha value is -3.59. The third-order valence-corrected chi connectivity index (χ3v) is 13.2. The predicted octanol–water partition coefficient (Wildman–Crippen LogP) is 2.29. The molecule has 2 heterocycles. The zero-order valence-electron chi connectivity index (χ0n) is 28.9. The number of rotatable bonds is 14. The van der Waals surface area contributed by atoms with Gasteiger partial charge in [0, 0.05) is 47.5 Å². The number of allylic oxidation sites excluding steroid dienone is 4. The fraction of sp³-hybridized carbons (Fsp3) is 0.400. The Morgan fingerprint density at radius 3 is 1.76 bits per heavy atom. The van der Waals surface area contributed by atoms with Crippen molar-refractivity contribution < 1.29 is 79.3 Å². The molecule has 0 radical (unpaired) electrons. The summed E-state index contributed by atoms with van der Waals surface area (Å²) in [5.41, 5.74) is -3.32. The number of anilines is 1. The van der Waals surface area contributed by atoms with Gasteiger partial charge in [0.05, 0.1) is 32.9 Å². The first-order valence-electron chi connectivity index (χ1n) is 15.5. The normalized spacial score (nSPS) is 18.1. The van der Waals surface area contributed by atoms with Crippen LogP contribution in [0.3, 0.4) is 0 Å². The van der Waals surface area contributed by atoms with Crippen molar-refractivity contribution in [3.05, 3.63) is 64.9 Å². The SMILES string of the molecule is CC1(C)C(/C=C/C=C2/N(CCCS(=O)(=O)O)c3cc(S(=O)(=O)O)cc(S(=O)(=O)O)c3C2(C)C)=[N+](CCCS(=O)(=O)O)c2cc(C(=O)O)cc(S(=O)(=O)O)c21. The summed E-state index contributed by atoms with van der Waals surface area (Å²) in [5, 5.41) is 9.73. The molecule has 0 bridgehead atoms. The van der Waals surface area contributed by atoms with Gasteiger partial charge in [0.1, 0.15) is 16.3 Å². The van der Waals surface area contributed by atoms with Gasteiger partial charge in [0.15, 0.2) is 5.71 Å². The Balaban J connectivity index is 2.01. The summed E-state index contributed by atoms with van der Waals surface area (Å²) in [6.07, 6.45) is 3.64. The number of nitrogens with zero attached hydrogens (tertiary/aromatic N) is 2. The minimum Gasteiger partial charge on any atom is -0.478 e. The van der Waals surface area contributed by atoms with Crippen LogP contribution >= 0.6 is 0 Å². The van der Waals surface area contributed by atoms with Crippen molar-refractivity contribution >= 4 is 73.6 Å². The van der Waals surface area contributed by atoms with Crippen LogP contribution in [-0.4, -0.2) is 111 Å². The third-order valence-electron chi connectivity index (χ3n) is 9.01. The van der Waals surface area contributed by atoms with Gasteiger partial charge in [-0.05, 0) is 44.5 Å². The maximum absolute atomic E-state index is 12.6. The number of benzene rings is 2. The van der Waals surface area contributed by atoms with Crippen LogP contribution in [0, 0.1) is 0 Å². The summed E-state index contributed by atoms with van der Waals surface area (Å²) in [6.45, 7) is 5.53. The fourth-order valence-corrected chi connectivity index (χ4v) is 10.2. The van der Waals surface area contributed by atoms with Gasteiger partial charge in [0.2, 0.25) is 5.69 Å². The molecular formula is C30H37N2O17S5+. The highest BCUT2D eigenvalue weighted by atomic mass is 32.2. The number of hydrogen-bond acceptors (Lipinski definition) is 12. The Bertz CT molecular complexity index is 2610. The first kappa shape index (κ1) is 43.1. The molecule has 2 aromatic rings. The molecule has 0 fully saturated rings. The van der Waals surface area contributed by atoms with Crippen LogP contribution in [0.15, 0.2) is 62.9 Å². The van der Waals surface area contributed by atoms with Crippen LogP contribution in [0.2, 0.25) is 0 Å². The lowest BCUT2D eigenvalue weighted by molar-refractivity contribution is -0.437. The molecule has 54 heavy (non-hydrogen) atoms. The monoisotopic (exact) mass is 857 g/mol. The minimum atomic E-state index is -5.17. The average molecular weight is 858 g/mol. The van der Waals surface area contributed by atoms with Gasteiger partial charge in [-0.1, -0.05) is 19.9 Å². The summed E-state index contributed by atoms with van der Waals surface area (Å²) in [4.78, 5) is 10.7. The molecule has 4 rings (SSSR count).